The van der Waals surface area contributed by atoms with E-state index in [0.29, 0.717) is 15.7 Å². The summed E-state index contributed by atoms with van der Waals surface area (Å²) in [5.41, 5.74) is 1.47. The summed E-state index contributed by atoms with van der Waals surface area (Å²) in [6.45, 7) is 0. The van der Waals surface area contributed by atoms with Crippen molar-refractivity contribution in [2.75, 3.05) is 5.32 Å². The second kappa shape index (κ2) is 5.65. The first-order valence-electron chi connectivity index (χ1n) is 7.06. The predicted octanol–water partition coefficient (Wildman–Crippen LogP) is 5.36. The maximum Gasteiger partial charge on any atom is 0.257 e. The van der Waals surface area contributed by atoms with E-state index in [0.717, 1.165) is 21.0 Å². The highest BCUT2D eigenvalue weighted by atomic mass is 35.5. The van der Waals surface area contributed by atoms with Crippen LogP contribution >= 0.6 is 22.9 Å². The SMILES string of the molecule is O=C(Nc1nc2c(ccc3ccccc32)s1)c1ccc(Cl)cc1. The van der Waals surface area contributed by atoms with E-state index in [1.54, 1.807) is 24.3 Å². The van der Waals surface area contributed by atoms with Gasteiger partial charge in [0.05, 0.1) is 10.2 Å². The van der Waals surface area contributed by atoms with Gasteiger partial charge in [0, 0.05) is 16.0 Å². The first-order valence-corrected chi connectivity index (χ1v) is 8.25. The highest BCUT2D eigenvalue weighted by Gasteiger charge is 2.11. The summed E-state index contributed by atoms with van der Waals surface area (Å²) in [6.07, 6.45) is 0. The summed E-state index contributed by atoms with van der Waals surface area (Å²) < 4.78 is 1.05. The molecule has 4 rings (SSSR count). The van der Waals surface area contributed by atoms with Gasteiger partial charge in [-0.2, -0.15) is 0 Å². The van der Waals surface area contributed by atoms with Crippen molar-refractivity contribution in [3.05, 3.63) is 71.2 Å². The van der Waals surface area contributed by atoms with E-state index in [-0.39, 0.29) is 5.91 Å². The van der Waals surface area contributed by atoms with Gasteiger partial charge in [-0.1, -0.05) is 53.3 Å². The number of fused-ring (bicyclic) bond motifs is 3. The molecule has 3 nitrogen and oxygen atoms in total. The first-order chi connectivity index (χ1) is 11.2. The maximum absolute atomic E-state index is 12.3. The van der Waals surface area contributed by atoms with Crippen LogP contribution in [0.25, 0.3) is 21.0 Å². The number of thiazole rings is 1. The Bertz CT molecular complexity index is 1020. The Balaban J connectivity index is 1.70. The lowest BCUT2D eigenvalue weighted by Crippen LogP contribution is -2.11. The molecule has 0 aliphatic carbocycles. The third-order valence-corrected chi connectivity index (χ3v) is 4.80. The molecule has 3 aromatic carbocycles. The number of hydrogen-bond acceptors (Lipinski definition) is 3. The van der Waals surface area contributed by atoms with Crippen molar-refractivity contribution in [2.45, 2.75) is 0 Å². The number of benzene rings is 3. The van der Waals surface area contributed by atoms with Crippen molar-refractivity contribution >= 4 is 55.0 Å². The summed E-state index contributed by atoms with van der Waals surface area (Å²) in [7, 11) is 0. The Labute approximate surface area is 141 Å². The number of hydrogen-bond donors (Lipinski definition) is 1. The molecule has 1 aromatic heterocycles. The number of carbonyl (C=O) groups excluding carboxylic acids is 1. The number of nitrogens with zero attached hydrogens (tertiary/aromatic N) is 1. The van der Waals surface area contributed by atoms with Crippen molar-refractivity contribution in [3.8, 4) is 0 Å². The van der Waals surface area contributed by atoms with E-state index in [2.05, 4.69) is 22.4 Å². The number of aromatic nitrogens is 1. The minimum absolute atomic E-state index is 0.190. The second-order valence-corrected chi connectivity index (χ2v) is 6.58. The Kier molecular flexibility index (Phi) is 3.48. The maximum atomic E-state index is 12.3. The quantitative estimate of drug-likeness (QED) is 0.535. The van der Waals surface area contributed by atoms with Gasteiger partial charge in [0.25, 0.3) is 5.91 Å². The normalized spacial score (nSPS) is 11.0. The van der Waals surface area contributed by atoms with Crippen LogP contribution in [0.15, 0.2) is 60.7 Å². The molecule has 1 N–H and O–H groups in total. The van der Waals surface area contributed by atoms with Crippen molar-refractivity contribution in [1.29, 1.82) is 0 Å². The van der Waals surface area contributed by atoms with Crippen molar-refractivity contribution in [3.63, 3.8) is 0 Å². The number of carbonyl (C=O) groups is 1. The van der Waals surface area contributed by atoms with Crippen LogP contribution in [-0.2, 0) is 0 Å². The Morgan fingerprint density at radius 2 is 1.78 bits per heavy atom. The smallest absolute Gasteiger partial charge is 0.257 e. The molecule has 0 bridgehead atoms. The largest absolute Gasteiger partial charge is 0.298 e. The van der Waals surface area contributed by atoms with Crippen LogP contribution in [-0.4, -0.2) is 10.9 Å². The van der Waals surface area contributed by atoms with Crippen LogP contribution in [0.3, 0.4) is 0 Å². The standard InChI is InChI=1S/C18H11ClN2OS/c19-13-8-5-12(6-9-13)17(22)21-18-20-16-14-4-2-1-3-11(14)7-10-15(16)23-18/h1-10H,(H,20,21,22). The van der Waals surface area contributed by atoms with Crippen molar-refractivity contribution < 1.29 is 4.79 Å². The van der Waals surface area contributed by atoms with Gasteiger partial charge < -0.3 is 0 Å². The van der Waals surface area contributed by atoms with E-state index < -0.39 is 0 Å². The third kappa shape index (κ3) is 2.67. The van der Waals surface area contributed by atoms with Gasteiger partial charge in [0.1, 0.15) is 0 Å². The molecule has 23 heavy (non-hydrogen) atoms. The molecule has 1 heterocycles. The molecule has 0 fully saturated rings. The van der Waals surface area contributed by atoms with E-state index in [9.17, 15) is 4.79 Å². The molecule has 0 spiro atoms. The van der Waals surface area contributed by atoms with Crippen molar-refractivity contribution in [1.82, 2.24) is 4.98 Å². The molecular formula is C18H11ClN2OS. The Hall–Kier alpha value is -2.43. The van der Waals surface area contributed by atoms with Gasteiger partial charge in [-0.05, 0) is 35.7 Å². The summed E-state index contributed by atoms with van der Waals surface area (Å²) in [4.78, 5) is 16.9. The minimum atomic E-state index is -0.190. The lowest BCUT2D eigenvalue weighted by Gasteiger charge is -2.01. The average Bonchev–Trinajstić information content (AvgIpc) is 2.98. The van der Waals surface area contributed by atoms with Gasteiger partial charge in [0.2, 0.25) is 0 Å². The van der Waals surface area contributed by atoms with Crippen LogP contribution in [0.4, 0.5) is 5.13 Å². The molecule has 0 atom stereocenters. The molecule has 0 saturated heterocycles. The highest BCUT2D eigenvalue weighted by molar-refractivity contribution is 7.22. The molecule has 0 aliphatic rings. The zero-order valence-electron chi connectivity index (χ0n) is 11.9. The Morgan fingerprint density at radius 1 is 1.00 bits per heavy atom. The molecule has 0 unspecified atom stereocenters. The summed E-state index contributed by atoms with van der Waals surface area (Å²) in [5.74, 6) is -0.190. The highest BCUT2D eigenvalue weighted by Crippen LogP contribution is 2.31. The number of nitrogens with one attached hydrogen (secondary N) is 1. The lowest BCUT2D eigenvalue weighted by atomic mass is 10.1. The number of rotatable bonds is 2. The van der Waals surface area contributed by atoms with Crippen molar-refractivity contribution in [2.24, 2.45) is 0 Å². The van der Waals surface area contributed by atoms with E-state index in [1.165, 1.54) is 11.3 Å². The van der Waals surface area contributed by atoms with E-state index >= 15 is 0 Å². The molecular weight excluding hydrogens is 328 g/mol. The molecule has 1 amide bonds. The zero-order valence-corrected chi connectivity index (χ0v) is 13.5. The van der Waals surface area contributed by atoms with Crippen LogP contribution < -0.4 is 5.32 Å². The molecule has 0 radical (unpaired) electrons. The van der Waals surface area contributed by atoms with Crippen LogP contribution in [0, 0.1) is 0 Å². The molecule has 0 saturated carbocycles. The number of amides is 1. The summed E-state index contributed by atoms with van der Waals surface area (Å²) in [5, 5.41) is 6.29. The number of halogens is 1. The number of anilines is 1. The Morgan fingerprint density at radius 3 is 2.61 bits per heavy atom. The van der Waals surface area contributed by atoms with Gasteiger partial charge in [-0.15, -0.1) is 0 Å². The third-order valence-electron chi connectivity index (χ3n) is 3.61. The molecule has 0 aliphatic heterocycles. The van der Waals surface area contributed by atoms with E-state index in [4.69, 9.17) is 11.6 Å². The zero-order chi connectivity index (χ0) is 15.8. The monoisotopic (exact) mass is 338 g/mol. The lowest BCUT2D eigenvalue weighted by molar-refractivity contribution is 0.102. The van der Waals surface area contributed by atoms with Gasteiger partial charge >= 0.3 is 0 Å². The van der Waals surface area contributed by atoms with E-state index in [1.807, 2.05) is 24.3 Å². The fourth-order valence-corrected chi connectivity index (χ4v) is 3.49. The average molecular weight is 339 g/mol. The summed E-state index contributed by atoms with van der Waals surface area (Å²) in [6, 6.07) is 19.0. The van der Waals surface area contributed by atoms with Crippen LogP contribution in [0.1, 0.15) is 10.4 Å². The first kappa shape index (κ1) is 14.2. The topological polar surface area (TPSA) is 42.0 Å². The van der Waals surface area contributed by atoms with Crippen LogP contribution in [0.2, 0.25) is 5.02 Å². The molecule has 5 heteroatoms. The fourth-order valence-electron chi connectivity index (χ4n) is 2.49. The second-order valence-electron chi connectivity index (χ2n) is 5.11. The molecule has 112 valence electrons. The van der Waals surface area contributed by atoms with Gasteiger partial charge in [0.15, 0.2) is 5.13 Å². The van der Waals surface area contributed by atoms with Crippen LogP contribution in [0.5, 0.6) is 0 Å². The predicted molar refractivity (Wildman–Crippen MR) is 96.5 cm³/mol. The fraction of sp³-hybridized carbons (Fsp3) is 0. The van der Waals surface area contributed by atoms with Gasteiger partial charge in [-0.3, -0.25) is 10.1 Å². The molecule has 4 aromatic rings. The summed E-state index contributed by atoms with van der Waals surface area (Å²) >= 11 is 7.31. The van der Waals surface area contributed by atoms with Gasteiger partial charge in [-0.25, -0.2) is 4.98 Å². The minimum Gasteiger partial charge on any atom is -0.298 e.